The molecular formula is C18H19N3O3. The number of nitrogens with zero attached hydrogens (tertiary/aromatic N) is 1. The molecule has 0 bridgehead atoms. The lowest BCUT2D eigenvalue weighted by Gasteiger charge is -2.29. The summed E-state index contributed by atoms with van der Waals surface area (Å²) in [5, 5.41) is 2.70. The van der Waals surface area contributed by atoms with Crippen LogP contribution in [0.3, 0.4) is 0 Å². The van der Waals surface area contributed by atoms with Crippen LogP contribution >= 0.6 is 0 Å². The summed E-state index contributed by atoms with van der Waals surface area (Å²) in [6.45, 7) is 0.971. The van der Waals surface area contributed by atoms with Gasteiger partial charge in [-0.05, 0) is 30.5 Å². The van der Waals surface area contributed by atoms with E-state index >= 15 is 0 Å². The first-order chi connectivity index (χ1) is 11.6. The minimum Gasteiger partial charge on any atom is -0.351 e. The second-order valence-electron chi connectivity index (χ2n) is 5.73. The van der Waals surface area contributed by atoms with Gasteiger partial charge in [-0.15, -0.1) is 0 Å². The van der Waals surface area contributed by atoms with Gasteiger partial charge in [-0.1, -0.05) is 18.2 Å². The van der Waals surface area contributed by atoms with Crippen molar-refractivity contribution in [2.75, 3.05) is 18.0 Å². The summed E-state index contributed by atoms with van der Waals surface area (Å²) in [5.74, 6) is -0.304. The van der Waals surface area contributed by atoms with Crippen molar-refractivity contribution < 1.29 is 9.59 Å². The molecule has 0 spiro atoms. The van der Waals surface area contributed by atoms with E-state index in [2.05, 4.69) is 10.3 Å². The van der Waals surface area contributed by atoms with Gasteiger partial charge in [0.15, 0.2) is 0 Å². The summed E-state index contributed by atoms with van der Waals surface area (Å²) in [5.41, 5.74) is 2.27. The third-order valence-corrected chi connectivity index (χ3v) is 4.08. The summed E-state index contributed by atoms with van der Waals surface area (Å²) in [6, 6.07) is 10.7. The van der Waals surface area contributed by atoms with Crippen molar-refractivity contribution in [2.24, 2.45) is 0 Å². The molecule has 124 valence electrons. The highest BCUT2D eigenvalue weighted by Gasteiger charge is 2.21. The highest BCUT2D eigenvalue weighted by molar-refractivity contribution is 5.96. The number of hydrogen-bond donors (Lipinski definition) is 2. The average Bonchev–Trinajstić information content (AvgIpc) is 2.61. The molecule has 0 saturated carbocycles. The highest BCUT2D eigenvalue weighted by Crippen LogP contribution is 2.26. The minimum absolute atomic E-state index is 0.00363. The van der Waals surface area contributed by atoms with E-state index in [1.54, 1.807) is 4.90 Å². The number of para-hydroxylation sites is 1. The molecule has 1 aromatic heterocycles. The average molecular weight is 325 g/mol. The number of aryl methyl sites for hydroxylation is 1. The molecule has 6 nitrogen and oxygen atoms in total. The molecule has 0 aliphatic carbocycles. The Labute approximate surface area is 139 Å². The van der Waals surface area contributed by atoms with E-state index in [9.17, 15) is 14.4 Å². The van der Waals surface area contributed by atoms with Crippen molar-refractivity contribution in [1.29, 1.82) is 0 Å². The lowest BCUT2D eigenvalue weighted by atomic mass is 10.0. The van der Waals surface area contributed by atoms with Crippen molar-refractivity contribution in [1.82, 2.24) is 10.3 Å². The number of amides is 2. The Morgan fingerprint density at radius 2 is 2.00 bits per heavy atom. The van der Waals surface area contributed by atoms with E-state index in [0.29, 0.717) is 12.1 Å². The van der Waals surface area contributed by atoms with Crippen molar-refractivity contribution in [2.45, 2.75) is 19.3 Å². The summed E-state index contributed by atoms with van der Waals surface area (Å²) in [7, 11) is 0. The molecule has 6 heteroatoms. The van der Waals surface area contributed by atoms with Crippen LogP contribution < -0.4 is 15.8 Å². The predicted molar refractivity (Wildman–Crippen MR) is 91.1 cm³/mol. The molecule has 0 radical (unpaired) electrons. The number of pyridine rings is 1. The number of anilines is 1. The molecule has 2 N–H and O–H groups in total. The van der Waals surface area contributed by atoms with E-state index in [1.165, 1.54) is 23.9 Å². The summed E-state index contributed by atoms with van der Waals surface area (Å²) < 4.78 is 0. The van der Waals surface area contributed by atoms with Crippen LogP contribution in [-0.4, -0.2) is 29.9 Å². The molecular weight excluding hydrogens is 306 g/mol. The summed E-state index contributed by atoms with van der Waals surface area (Å²) >= 11 is 0. The van der Waals surface area contributed by atoms with Crippen molar-refractivity contribution in [3.8, 4) is 0 Å². The molecule has 1 aliphatic rings. The molecule has 0 fully saturated rings. The van der Waals surface area contributed by atoms with Gasteiger partial charge in [-0.2, -0.15) is 0 Å². The molecule has 24 heavy (non-hydrogen) atoms. The maximum atomic E-state index is 12.5. The van der Waals surface area contributed by atoms with Gasteiger partial charge in [-0.25, -0.2) is 0 Å². The van der Waals surface area contributed by atoms with Gasteiger partial charge in [0.1, 0.15) is 0 Å². The van der Waals surface area contributed by atoms with E-state index in [-0.39, 0.29) is 30.3 Å². The van der Waals surface area contributed by atoms with Gasteiger partial charge in [0.25, 0.3) is 5.91 Å². The van der Waals surface area contributed by atoms with Crippen LogP contribution in [0.25, 0.3) is 0 Å². The topological polar surface area (TPSA) is 82.3 Å². The molecule has 2 aromatic rings. The van der Waals surface area contributed by atoms with Crippen LogP contribution in [0.1, 0.15) is 28.8 Å². The SMILES string of the molecule is O=C(NCCC(=O)N1CCCc2ccccc21)c1ccc(=O)[nH]c1. The molecule has 0 atom stereocenters. The quantitative estimate of drug-likeness (QED) is 0.893. The number of carbonyl (C=O) groups excluding carboxylic acids is 2. The van der Waals surface area contributed by atoms with E-state index in [4.69, 9.17) is 0 Å². The summed E-state index contributed by atoms with van der Waals surface area (Å²) in [6.07, 6.45) is 3.54. The zero-order valence-electron chi connectivity index (χ0n) is 13.2. The number of aromatic nitrogens is 1. The Morgan fingerprint density at radius 1 is 1.17 bits per heavy atom. The van der Waals surface area contributed by atoms with Crippen molar-refractivity contribution in [3.05, 3.63) is 64.1 Å². The van der Waals surface area contributed by atoms with Crippen LogP contribution in [0.2, 0.25) is 0 Å². The maximum absolute atomic E-state index is 12.5. The van der Waals surface area contributed by atoms with Crippen molar-refractivity contribution >= 4 is 17.5 Å². The lowest BCUT2D eigenvalue weighted by molar-refractivity contribution is -0.118. The zero-order valence-corrected chi connectivity index (χ0v) is 13.2. The summed E-state index contributed by atoms with van der Waals surface area (Å²) in [4.78, 5) is 39.6. The number of hydrogen-bond acceptors (Lipinski definition) is 3. The zero-order chi connectivity index (χ0) is 16.9. The number of nitrogens with one attached hydrogen (secondary N) is 2. The maximum Gasteiger partial charge on any atom is 0.252 e. The fraction of sp³-hybridized carbons (Fsp3) is 0.278. The van der Waals surface area contributed by atoms with Crippen LogP contribution in [0.15, 0.2) is 47.4 Å². The first-order valence-electron chi connectivity index (χ1n) is 8.00. The Morgan fingerprint density at radius 3 is 2.79 bits per heavy atom. The smallest absolute Gasteiger partial charge is 0.252 e. The first kappa shape index (κ1) is 16.0. The number of rotatable bonds is 4. The van der Waals surface area contributed by atoms with Gasteiger partial charge >= 0.3 is 0 Å². The number of aromatic amines is 1. The normalized spacial score (nSPS) is 13.2. The Balaban J connectivity index is 1.56. The highest BCUT2D eigenvalue weighted by atomic mass is 16.2. The Kier molecular flexibility index (Phi) is 4.74. The fourth-order valence-corrected chi connectivity index (χ4v) is 2.86. The van der Waals surface area contributed by atoms with Crippen molar-refractivity contribution in [3.63, 3.8) is 0 Å². The van der Waals surface area contributed by atoms with E-state index < -0.39 is 0 Å². The Bertz CT molecular complexity index is 793. The van der Waals surface area contributed by atoms with Gasteiger partial charge in [-0.3, -0.25) is 14.4 Å². The van der Waals surface area contributed by atoms with Crippen LogP contribution in [0.5, 0.6) is 0 Å². The van der Waals surface area contributed by atoms with Crippen LogP contribution in [0.4, 0.5) is 5.69 Å². The number of benzene rings is 1. The molecule has 2 amide bonds. The number of carbonyl (C=O) groups is 2. The third-order valence-electron chi connectivity index (χ3n) is 4.08. The lowest BCUT2D eigenvalue weighted by Crippen LogP contribution is -2.37. The fourth-order valence-electron chi connectivity index (χ4n) is 2.86. The predicted octanol–water partition coefficient (Wildman–Crippen LogP) is 1.47. The molecule has 1 aromatic carbocycles. The van der Waals surface area contributed by atoms with Gasteiger partial charge < -0.3 is 15.2 Å². The van der Waals surface area contributed by atoms with Gasteiger partial charge in [0, 0.05) is 37.5 Å². The second-order valence-corrected chi connectivity index (χ2v) is 5.73. The minimum atomic E-state index is -0.307. The largest absolute Gasteiger partial charge is 0.351 e. The van der Waals surface area contributed by atoms with E-state index in [1.807, 2.05) is 24.3 Å². The van der Waals surface area contributed by atoms with E-state index in [0.717, 1.165) is 18.5 Å². The molecule has 0 saturated heterocycles. The molecule has 0 unspecified atom stereocenters. The third kappa shape index (κ3) is 3.53. The monoisotopic (exact) mass is 325 g/mol. The second kappa shape index (κ2) is 7.12. The van der Waals surface area contributed by atoms with Crippen LogP contribution in [0, 0.1) is 0 Å². The number of fused-ring (bicyclic) bond motifs is 1. The first-order valence-corrected chi connectivity index (χ1v) is 8.00. The molecule has 1 aliphatic heterocycles. The standard InChI is InChI=1S/C18H19N3O3/c22-16-8-7-14(12-20-16)18(24)19-10-9-17(23)21-11-3-5-13-4-1-2-6-15(13)21/h1-2,4,6-8,12H,3,5,9-11H2,(H,19,24)(H,20,22). The Hall–Kier alpha value is -2.89. The van der Waals surface area contributed by atoms with Gasteiger partial charge in [0.05, 0.1) is 5.56 Å². The molecule has 3 rings (SSSR count). The van der Waals surface area contributed by atoms with Gasteiger partial charge in [0.2, 0.25) is 11.5 Å². The van der Waals surface area contributed by atoms with Crippen LogP contribution in [-0.2, 0) is 11.2 Å². The number of H-pyrrole nitrogens is 1. The molecule has 2 heterocycles.